The van der Waals surface area contributed by atoms with Crippen molar-refractivity contribution in [1.29, 1.82) is 0 Å². The second-order valence-corrected chi connectivity index (χ2v) is 9.78. The highest BCUT2D eigenvalue weighted by Gasteiger charge is 2.53. The zero-order valence-corrected chi connectivity index (χ0v) is 17.1. The molecular formula is C20H24Cl3NO2. The van der Waals surface area contributed by atoms with Gasteiger partial charge in [-0.1, -0.05) is 34.8 Å². The Balaban J connectivity index is 1.36. The average Bonchev–Trinajstić information content (AvgIpc) is 2.55. The van der Waals surface area contributed by atoms with Gasteiger partial charge in [-0.3, -0.25) is 4.79 Å². The first kappa shape index (κ1) is 18.7. The topological polar surface area (TPSA) is 38.3 Å². The molecule has 4 fully saturated rings. The molecule has 1 aromatic rings. The van der Waals surface area contributed by atoms with Crippen molar-refractivity contribution in [3.8, 4) is 5.75 Å². The molecule has 26 heavy (non-hydrogen) atoms. The molecule has 0 heterocycles. The summed E-state index contributed by atoms with van der Waals surface area (Å²) in [6, 6.07) is 3.25. The number of hydrogen-bond donors (Lipinski definition) is 1. The van der Waals surface area contributed by atoms with E-state index in [0.29, 0.717) is 20.8 Å². The lowest BCUT2D eigenvalue weighted by Crippen LogP contribution is -2.56. The predicted molar refractivity (Wildman–Crippen MR) is 105 cm³/mol. The first-order valence-electron chi connectivity index (χ1n) is 9.41. The van der Waals surface area contributed by atoms with Gasteiger partial charge in [-0.2, -0.15) is 0 Å². The lowest BCUT2D eigenvalue weighted by molar-refractivity contribution is -0.127. The Morgan fingerprint density at radius 2 is 1.62 bits per heavy atom. The van der Waals surface area contributed by atoms with Crippen molar-refractivity contribution in [1.82, 2.24) is 5.32 Å². The van der Waals surface area contributed by atoms with Crippen LogP contribution < -0.4 is 10.1 Å². The molecule has 142 valence electrons. The van der Waals surface area contributed by atoms with Crippen LogP contribution in [0.1, 0.15) is 45.4 Å². The van der Waals surface area contributed by atoms with Gasteiger partial charge in [-0.25, -0.2) is 0 Å². The van der Waals surface area contributed by atoms with Crippen LogP contribution in [0.25, 0.3) is 0 Å². The highest BCUT2D eigenvalue weighted by atomic mass is 35.5. The second-order valence-electron chi connectivity index (χ2n) is 8.55. The molecule has 3 nitrogen and oxygen atoms in total. The van der Waals surface area contributed by atoms with E-state index < -0.39 is 0 Å². The third kappa shape index (κ3) is 3.55. The summed E-state index contributed by atoms with van der Waals surface area (Å²) in [6.07, 6.45) is 8.00. The molecule has 4 bridgehead atoms. The van der Waals surface area contributed by atoms with Crippen LogP contribution in [0.5, 0.6) is 5.75 Å². The largest absolute Gasteiger partial charge is 0.482 e. The van der Waals surface area contributed by atoms with Gasteiger partial charge in [0.2, 0.25) is 0 Å². The quantitative estimate of drug-likeness (QED) is 0.621. The maximum atomic E-state index is 12.4. The van der Waals surface area contributed by atoms with E-state index >= 15 is 0 Å². The van der Waals surface area contributed by atoms with E-state index in [1.54, 1.807) is 6.07 Å². The minimum absolute atomic E-state index is 0.0750. The Kier molecular flexibility index (Phi) is 5.09. The van der Waals surface area contributed by atoms with Gasteiger partial charge in [0, 0.05) is 12.1 Å². The third-order valence-electron chi connectivity index (χ3n) is 6.72. The fraction of sp³-hybridized carbons (Fsp3) is 0.650. The summed E-state index contributed by atoms with van der Waals surface area (Å²) in [5.41, 5.74) is 0.283. The molecule has 1 aromatic carbocycles. The Bertz CT molecular complexity index is 686. The van der Waals surface area contributed by atoms with Gasteiger partial charge in [0.1, 0.15) is 5.75 Å². The Morgan fingerprint density at radius 3 is 2.19 bits per heavy atom. The van der Waals surface area contributed by atoms with E-state index in [2.05, 4.69) is 12.2 Å². The fourth-order valence-corrected chi connectivity index (χ4v) is 6.49. The molecule has 6 heteroatoms. The monoisotopic (exact) mass is 415 g/mol. The molecule has 0 radical (unpaired) electrons. The van der Waals surface area contributed by atoms with E-state index in [9.17, 15) is 4.79 Å². The molecule has 4 aliphatic rings. The van der Waals surface area contributed by atoms with E-state index in [1.165, 1.54) is 44.6 Å². The number of ether oxygens (including phenoxy) is 1. The Labute approximate surface area is 169 Å². The second kappa shape index (κ2) is 7.07. The molecule has 0 aliphatic heterocycles. The zero-order chi connectivity index (χ0) is 18.5. The summed E-state index contributed by atoms with van der Waals surface area (Å²) in [7, 11) is 0. The van der Waals surface area contributed by atoms with Crippen LogP contribution in [0.4, 0.5) is 0 Å². The summed E-state index contributed by atoms with van der Waals surface area (Å²) in [6.45, 7) is 2.09. The molecule has 0 spiro atoms. The summed E-state index contributed by atoms with van der Waals surface area (Å²) in [5, 5.41) is 4.25. The smallest absolute Gasteiger partial charge is 0.258 e. The maximum absolute atomic E-state index is 12.4. The SMILES string of the molecule is C[C@H](NC(=O)COc1cc(Cl)c(Cl)cc1Cl)C12CC3CC(CC(C3)C1)C2. The van der Waals surface area contributed by atoms with E-state index in [0.717, 1.165) is 17.8 Å². The van der Waals surface area contributed by atoms with Gasteiger partial charge >= 0.3 is 0 Å². The lowest BCUT2D eigenvalue weighted by atomic mass is 9.48. The first-order valence-corrected chi connectivity index (χ1v) is 10.5. The van der Waals surface area contributed by atoms with Crippen LogP contribution in [0.3, 0.4) is 0 Å². The van der Waals surface area contributed by atoms with E-state index in [4.69, 9.17) is 39.5 Å². The van der Waals surface area contributed by atoms with Crippen molar-refractivity contribution >= 4 is 40.7 Å². The van der Waals surface area contributed by atoms with Crippen molar-refractivity contribution in [2.45, 2.75) is 51.5 Å². The third-order valence-corrected chi connectivity index (χ3v) is 7.73. The number of nitrogens with one attached hydrogen (secondary N) is 1. The van der Waals surface area contributed by atoms with Gasteiger partial charge in [0.15, 0.2) is 6.61 Å². The number of amides is 1. The van der Waals surface area contributed by atoms with E-state index in [1.807, 2.05) is 0 Å². The van der Waals surface area contributed by atoms with Gasteiger partial charge < -0.3 is 10.1 Å². The number of benzene rings is 1. The highest BCUT2D eigenvalue weighted by Crippen LogP contribution is 2.61. The highest BCUT2D eigenvalue weighted by molar-refractivity contribution is 6.43. The number of hydrogen-bond acceptors (Lipinski definition) is 2. The number of carbonyl (C=O) groups excluding carboxylic acids is 1. The van der Waals surface area contributed by atoms with Crippen molar-refractivity contribution in [2.75, 3.05) is 6.61 Å². The molecule has 1 amide bonds. The summed E-state index contributed by atoms with van der Waals surface area (Å²) >= 11 is 18.0. The number of carbonyl (C=O) groups is 1. The average molecular weight is 417 g/mol. The van der Waals surface area contributed by atoms with Gasteiger partial charge in [-0.15, -0.1) is 0 Å². The fourth-order valence-electron chi connectivity index (χ4n) is 5.90. The van der Waals surface area contributed by atoms with Crippen molar-refractivity contribution in [3.05, 3.63) is 27.2 Å². The van der Waals surface area contributed by atoms with Crippen molar-refractivity contribution in [3.63, 3.8) is 0 Å². The van der Waals surface area contributed by atoms with Crippen LogP contribution in [0.15, 0.2) is 12.1 Å². The summed E-state index contributed by atoms with van der Waals surface area (Å²) in [4.78, 5) is 12.4. The molecule has 0 aromatic heterocycles. The standard InChI is InChI=1S/C20H24Cl3NO2/c1-11(20-7-12-2-13(8-20)4-14(3-12)9-20)24-19(25)10-26-18-6-16(22)15(21)5-17(18)23/h5-6,11-14H,2-4,7-10H2,1H3,(H,24,25)/t11-,12?,13?,14?,20?/m0/s1. The van der Waals surface area contributed by atoms with Crippen molar-refractivity contribution < 1.29 is 9.53 Å². The van der Waals surface area contributed by atoms with Gasteiger partial charge in [-0.05, 0) is 74.7 Å². The predicted octanol–water partition coefficient (Wildman–Crippen LogP) is 5.75. The van der Waals surface area contributed by atoms with Crippen LogP contribution >= 0.6 is 34.8 Å². The zero-order valence-electron chi connectivity index (χ0n) is 14.9. The summed E-state index contributed by atoms with van der Waals surface area (Å²) in [5.74, 6) is 2.86. The molecule has 4 saturated carbocycles. The minimum atomic E-state index is -0.115. The molecule has 5 rings (SSSR count). The number of rotatable bonds is 5. The minimum Gasteiger partial charge on any atom is -0.482 e. The first-order chi connectivity index (χ1) is 12.3. The molecule has 4 aliphatic carbocycles. The van der Waals surface area contributed by atoms with Crippen molar-refractivity contribution in [2.24, 2.45) is 23.2 Å². The molecule has 1 N–H and O–H groups in total. The molecule has 1 atom stereocenters. The normalized spacial score (nSPS) is 33.2. The Hall–Kier alpha value is -0.640. The van der Waals surface area contributed by atoms with Crippen LogP contribution in [-0.4, -0.2) is 18.6 Å². The maximum Gasteiger partial charge on any atom is 0.258 e. The summed E-state index contributed by atoms with van der Waals surface area (Å²) < 4.78 is 5.57. The van der Waals surface area contributed by atoms with Gasteiger partial charge in [0.25, 0.3) is 5.91 Å². The lowest BCUT2D eigenvalue weighted by Gasteiger charge is -2.59. The molecular weight excluding hydrogens is 393 g/mol. The Morgan fingerprint density at radius 1 is 1.08 bits per heavy atom. The van der Waals surface area contributed by atoms with E-state index in [-0.39, 0.29) is 24.0 Å². The van der Waals surface area contributed by atoms with Gasteiger partial charge in [0.05, 0.1) is 15.1 Å². The van der Waals surface area contributed by atoms with Crippen LogP contribution in [0.2, 0.25) is 15.1 Å². The molecule has 0 saturated heterocycles. The number of halogens is 3. The van der Waals surface area contributed by atoms with Crippen LogP contribution in [0, 0.1) is 23.2 Å². The molecule has 0 unspecified atom stereocenters. The van der Waals surface area contributed by atoms with Crippen LogP contribution in [-0.2, 0) is 4.79 Å².